The first-order valence-corrected chi connectivity index (χ1v) is 7.61. The smallest absolute Gasteiger partial charge is 0.270 e. The van der Waals surface area contributed by atoms with Crippen LogP contribution in [-0.4, -0.2) is 33.6 Å². The first kappa shape index (κ1) is 14.6. The fraction of sp³-hybridized carbons (Fsp3) is 0.438. The average molecular weight is 300 g/mol. The average Bonchev–Trinajstić information content (AvgIpc) is 3.10. The van der Waals surface area contributed by atoms with Gasteiger partial charge in [0, 0.05) is 30.6 Å². The molecule has 2 heterocycles. The van der Waals surface area contributed by atoms with E-state index in [1.165, 1.54) is 19.3 Å². The van der Waals surface area contributed by atoms with Crippen molar-refractivity contribution >= 4 is 5.91 Å². The third-order valence-electron chi connectivity index (χ3n) is 3.96. The van der Waals surface area contributed by atoms with E-state index >= 15 is 0 Å². The Hall–Kier alpha value is -2.37. The number of carbonyl (C=O) groups excluding carboxylic acids is 1. The number of carbonyl (C=O) groups is 1. The highest BCUT2D eigenvalue weighted by molar-refractivity contribution is 5.93. The lowest BCUT2D eigenvalue weighted by atomic mass is 9.95. The molecule has 1 saturated carbocycles. The van der Waals surface area contributed by atoms with Crippen molar-refractivity contribution < 1.29 is 9.53 Å². The highest BCUT2D eigenvalue weighted by Crippen LogP contribution is 2.20. The minimum atomic E-state index is -0.146. The standard InChI is InChI=1S/C16H20N4O2/c1-22-13-9-14(16(21)18-12-5-3-2-4-6-12)19-15(10-13)20-8-7-17-11-20/h7-12H,2-6H2,1H3,(H,18,21). The van der Waals surface area contributed by atoms with E-state index in [2.05, 4.69) is 15.3 Å². The molecule has 0 atom stereocenters. The van der Waals surface area contributed by atoms with Crippen molar-refractivity contribution in [2.75, 3.05) is 7.11 Å². The second-order valence-electron chi connectivity index (χ2n) is 5.53. The molecule has 1 aliphatic rings. The molecule has 6 nitrogen and oxygen atoms in total. The van der Waals surface area contributed by atoms with Crippen molar-refractivity contribution in [2.24, 2.45) is 0 Å². The molecule has 1 amide bonds. The van der Waals surface area contributed by atoms with Crippen molar-refractivity contribution in [2.45, 2.75) is 38.1 Å². The zero-order valence-electron chi connectivity index (χ0n) is 12.7. The minimum Gasteiger partial charge on any atom is -0.497 e. The van der Waals surface area contributed by atoms with Gasteiger partial charge in [0.25, 0.3) is 5.91 Å². The number of aromatic nitrogens is 3. The quantitative estimate of drug-likeness (QED) is 0.941. The number of nitrogens with one attached hydrogen (secondary N) is 1. The second-order valence-corrected chi connectivity index (χ2v) is 5.53. The summed E-state index contributed by atoms with van der Waals surface area (Å²) in [5, 5.41) is 3.08. The van der Waals surface area contributed by atoms with Gasteiger partial charge in [0.15, 0.2) is 0 Å². The molecular weight excluding hydrogens is 280 g/mol. The highest BCUT2D eigenvalue weighted by Gasteiger charge is 2.18. The van der Waals surface area contributed by atoms with E-state index in [0.29, 0.717) is 17.3 Å². The number of ether oxygens (including phenoxy) is 1. The lowest BCUT2D eigenvalue weighted by Gasteiger charge is -2.22. The molecule has 22 heavy (non-hydrogen) atoms. The molecule has 1 aliphatic carbocycles. The van der Waals surface area contributed by atoms with Crippen molar-refractivity contribution in [1.82, 2.24) is 19.9 Å². The van der Waals surface area contributed by atoms with Crippen molar-refractivity contribution in [3.05, 3.63) is 36.5 Å². The molecule has 116 valence electrons. The molecule has 2 aromatic heterocycles. The number of rotatable bonds is 4. The number of hydrogen-bond acceptors (Lipinski definition) is 4. The number of methoxy groups -OCH3 is 1. The van der Waals surface area contributed by atoms with Crippen LogP contribution in [0.15, 0.2) is 30.9 Å². The Morgan fingerprint density at radius 2 is 2.14 bits per heavy atom. The molecule has 0 aromatic carbocycles. The van der Waals surface area contributed by atoms with Gasteiger partial charge in [-0.15, -0.1) is 0 Å². The van der Waals surface area contributed by atoms with Crippen LogP contribution in [-0.2, 0) is 0 Å². The largest absolute Gasteiger partial charge is 0.497 e. The summed E-state index contributed by atoms with van der Waals surface area (Å²) in [6.07, 6.45) is 10.8. The molecule has 1 N–H and O–H groups in total. The number of nitrogens with zero attached hydrogens (tertiary/aromatic N) is 3. The summed E-state index contributed by atoms with van der Waals surface area (Å²) in [5.41, 5.74) is 0.369. The predicted octanol–water partition coefficient (Wildman–Crippen LogP) is 2.34. The van der Waals surface area contributed by atoms with Crippen LogP contribution in [0.1, 0.15) is 42.6 Å². The van der Waals surface area contributed by atoms with Crippen LogP contribution in [0.2, 0.25) is 0 Å². The van der Waals surface area contributed by atoms with E-state index in [9.17, 15) is 4.79 Å². The van der Waals surface area contributed by atoms with Crippen LogP contribution in [0.5, 0.6) is 5.75 Å². The van der Waals surface area contributed by atoms with E-state index in [0.717, 1.165) is 12.8 Å². The maximum Gasteiger partial charge on any atom is 0.270 e. The normalized spacial score (nSPS) is 15.5. The summed E-state index contributed by atoms with van der Waals surface area (Å²) in [6, 6.07) is 3.70. The molecule has 6 heteroatoms. The first-order valence-electron chi connectivity index (χ1n) is 7.61. The van der Waals surface area contributed by atoms with Gasteiger partial charge in [0.05, 0.1) is 7.11 Å². The van der Waals surface area contributed by atoms with Crippen molar-refractivity contribution in [3.8, 4) is 11.6 Å². The number of hydrogen-bond donors (Lipinski definition) is 1. The van der Waals surface area contributed by atoms with Crippen LogP contribution in [0, 0.1) is 0 Å². The fourth-order valence-electron chi connectivity index (χ4n) is 2.76. The van der Waals surface area contributed by atoms with Gasteiger partial charge in [-0.05, 0) is 12.8 Å². The summed E-state index contributed by atoms with van der Waals surface area (Å²) in [7, 11) is 1.58. The SMILES string of the molecule is COc1cc(C(=O)NC2CCCCC2)nc(-n2ccnc2)c1. The third kappa shape index (κ3) is 3.27. The summed E-state index contributed by atoms with van der Waals surface area (Å²) in [5.74, 6) is 1.07. The van der Waals surface area contributed by atoms with Crippen LogP contribution < -0.4 is 10.1 Å². The summed E-state index contributed by atoms with van der Waals surface area (Å²) >= 11 is 0. The number of pyridine rings is 1. The molecule has 0 spiro atoms. The van der Waals surface area contributed by atoms with Gasteiger partial charge in [-0.25, -0.2) is 9.97 Å². The van der Waals surface area contributed by atoms with Gasteiger partial charge in [-0.2, -0.15) is 0 Å². The first-order chi connectivity index (χ1) is 10.8. The van der Waals surface area contributed by atoms with Crippen LogP contribution in [0.3, 0.4) is 0 Å². The van der Waals surface area contributed by atoms with Crippen LogP contribution >= 0.6 is 0 Å². The number of amides is 1. The Morgan fingerprint density at radius 1 is 1.32 bits per heavy atom. The Labute approximate surface area is 129 Å². The summed E-state index contributed by atoms with van der Waals surface area (Å²) in [6.45, 7) is 0. The molecule has 0 saturated heterocycles. The van der Waals surface area contributed by atoms with E-state index in [-0.39, 0.29) is 11.9 Å². The Bertz CT molecular complexity index is 634. The molecular formula is C16H20N4O2. The summed E-state index contributed by atoms with van der Waals surface area (Å²) in [4.78, 5) is 20.9. The second kappa shape index (κ2) is 6.60. The minimum absolute atomic E-state index is 0.146. The lowest BCUT2D eigenvalue weighted by molar-refractivity contribution is 0.0922. The van der Waals surface area contributed by atoms with Gasteiger partial charge in [-0.1, -0.05) is 19.3 Å². The summed E-state index contributed by atoms with van der Waals surface area (Å²) < 4.78 is 7.03. The highest BCUT2D eigenvalue weighted by atomic mass is 16.5. The Morgan fingerprint density at radius 3 is 2.82 bits per heavy atom. The van der Waals surface area contributed by atoms with Gasteiger partial charge in [0.2, 0.25) is 0 Å². The molecule has 0 aliphatic heterocycles. The van der Waals surface area contributed by atoms with Crippen molar-refractivity contribution in [3.63, 3.8) is 0 Å². The van der Waals surface area contributed by atoms with Crippen molar-refractivity contribution in [1.29, 1.82) is 0 Å². The Balaban J connectivity index is 1.82. The molecule has 3 rings (SSSR count). The van der Waals surface area contributed by atoms with Gasteiger partial charge >= 0.3 is 0 Å². The maximum atomic E-state index is 12.4. The Kier molecular flexibility index (Phi) is 4.37. The van der Waals surface area contributed by atoms with Gasteiger partial charge in [-0.3, -0.25) is 9.36 Å². The maximum absolute atomic E-state index is 12.4. The molecule has 0 bridgehead atoms. The topological polar surface area (TPSA) is 69.0 Å². The third-order valence-corrected chi connectivity index (χ3v) is 3.96. The zero-order valence-corrected chi connectivity index (χ0v) is 12.7. The van der Waals surface area contributed by atoms with Gasteiger partial charge < -0.3 is 10.1 Å². The van der Waals surface area contributed by atoms with Crippen LogP contribution in [0.4, 0.5) is 0 Å². The molecule has 1 fully saturated rings. The lowest BCUT2D eigenvalue weighted by Crippen LogP contribution is -2.36. The monoisotopic (exact) mass is 300 g/mol. The molecule has 0 radical (unpaired) electrons. The van der Waals surface area contributed by atoms with E-state index in [1.807, 2.05) is 0 Å². The zero-order chi connectivity index (χ0) is 15.4. The van der Waals surface area contributed by atoms with E-state index in [4.69, 9.17) is 4.74 Å². The number of imidazole rings is 1. The fourth-order valence-corrected chi connectivity index (χ4v) is 2.76. The predicted molar refractivity (Wildman–Crippen MR) is 82.3 cm³/mol. The van der Waals surface area contributed by atoms with Crippen LogP contribution in [0.25, 0.3) is 5.82 Å². The van der Waals surface area contributed by atoms with E-state index in [1.54, 1.807) is 42.5 Å². The van der Waals surface area contributed by atoms with E-state index < -0.39 is 0 Å². The van der Waals surface area contributed by atoms with Gasteiger partial charge in [0.1, 0.15) is 23.6 Å². The molecule has 0 unspecified atom stereocenters. The molecule has 2 aromatic rings.